The lowest BCUT2D eigenvalue weighted by Crippen LogP contribution is -1.94. The highest BCUT2D eigenvalue weighted by Gasteiger charge is 2.08. The van der Waals surface area contributed by atoms with Gasteiger partial charge in [-0.2, -0.15) is 0 Å². The Morgan fingerprint density at radius 2 is 2.25 bits per heavy atom. The van der Waals surface area contributed by atoms with Gasteiger partial charge in [-0.3, -0.25) is 0 Å². The van der Waals surface area contributed by atoms with E-state index in [0.717, 1.165) is 10.6 Å². The summed E-state index contributed by atoms with van der Waals surface area (Å²) in [5.74, 6) is 0.585. The van der Waals surface area contributed by atoms with Crippen LogP contribution >= 0.6 is 22.9 Å². The van der Waals surface area contributed by atoms with Gasteiger partial charge in [-0.15, -0.1) is 5.10 Å². The van der Waals surface area contributed by atoms with E-state index in [1.165, 1.54) is 11.3 Å². The molecule has 0 aliphatic carbocycles. The number of hydrogen-bond acceptors (Lipinski definition) is 5. The van der Waals surface area contributed by atoms with Crippen LogP contribution in [0.5, 0.6) is 10.9 Å². The predicted molar refractivity (Wildman–Crippen MR) is 64.1 cm³/mol. The smallest absolute Gasteiger partial charge is 0.299 e. The minimum absolute atomic E-state index is 0.364. The summed E-state index contributed by atoms with van der Waals surface area (Å²) in [6, 6.07) is 5.56. The SMILES string of the molecule is Cc1ccc(Cl)c(Oc2nnc(CN)s2)c1. The summed E-state index contributed by atoms with van der Waals surface area (Å²) < 4.78 is 5.53. The van der Waals surface area contributed by atoms with E-state index in [-0.39, 0.29) is 0 Å². The minimum Gasteiger partial charge on any atom is -0.428 e. The molecule has 0 spiro atoms. The van der Waals surface area contributed by atoms with Crippen LogP contribution in [0.4, 0.5) is 0 Å². The molecule has 2 N–H and O–H groups in total. The van der Waals surface area contributed by atoms with E-state index in [9.17, 15) is 0 Å². The van der Waals surface area contributed by atoms with Crippen LogP contribution in [0.1, 0.15) is 10.6 Å². The van der Waals surface area contributed by atoms with E-state index in [1.807, 2.05) is 19.1 Å². The summed E-state index contributed by atoms with van der Waals surface area (Å²) in [5.41, 5.74) is 6.51. The lowest BCUT2D eigenvalue weighted by atomic mass is 10.2. The Kier molecular flexibility index (Phi) is 3.38. The molecule has 0 fully saturated rings. The van der Waals surface area contributed by atoms with Crippen LogP contribution in [-0.2, 0) is 6.54 Å². The maximum Gasteiger partial charge on any atom is 0.299 e. The van der Waals surface area contributed by atoms with Gasteiger partial charge in [-0.05, 0) is 24.6 Å². The number of benzene rings is 1. The maximum absolute atomic E-state index is 5.99. The molecule has 84 valence electrons. The number of rotatable bonds is 3. The molecule has 0 unspecified atom stereocenters. The molecule has 1 aromatic carbocycles. The molecule has 1 aromatic heterocycles. The van der Waals surface area contributed by atoms with Gasteiger partial charge in [0.15, 0.2) is 0 Å². The van der Waals surface area contributed by atoms with Gasteiger partial charge in [-0.25, -0.2) is 0 Å². The van der Waals surface area contributed by atoms with Gasteiger partial charge in [-0.1, -0.05) is 34.1 Å². The van der Waals surface area contributed by atoms with Crippen molar-refractivity contribution in [2.45, 2.75) is 13.5 Å². The van der Waals surface area contributed by atoms with Crippen molar-refractivity contribution in [1.82, 2.24) is 10.2 Å². The molecule has 0 bridgehead atoms. The van der Waals surface area contributed by atoms with E-state index in [1.54, 1.807) is 6.07 Å². The first kappa shape index (κ1) is 11.3. The lowest BCUT2D eigenvalue weighted by Gasteiger charge is -2.04. The quantitative estimate of drug-likeness (QED) is 0.916. The zero-order valence-corrected chi connectivity index (χ0v) is 10.2. The van der Waals surface area contributed by atoms with Crippen molar-refractivity contribution in [1.29, 1.82) is 0 Å². The summed E-state index contributed by atoms with van der Waals surface area (Å²) in [4.78, 5) is 0. The number of halogens is 1. The fourth-order valence-corrected chi connectivity index (χ4v) is 1.88. The largest absolute Gasteiger partial charge is 0.428 e. The van der Waals surface area contributed by atoms with E-state index >= 15 is 0 Å². The maximum atomic E-state index is 5.99. The molecule has 1 heterocycles. The average molecular weight is 256 g/mol. The summed E-state index contributed by atoms with van der Waals surface area (Å²) in [5, 5.41) is 9.46. The van der Waals surface area contributed by atoms with Gasteiger partial charge in [0.25, 0.3) is 5.19 Å². The van der Waals surface area contributed by atoms with Crippen molar-refractivity contribution in [3.05, 3.63) is 33.8 Å². The fourth-order valence-electron chi connectivity index (χ4n) is 1.14. The standard InChI is InChI=1S/C10H10ClN3OS/c1-6-2-3-7(11)8(4-6)15-10-14-13-9(5-12)16-10/h2-4H,5,12H2,1H3. The first-order chi connectivity index (χ1) is 7.69. The molecule has 2 aromatic rings. The Balaban J connectivity index is 2.22. The highest BCUT2D eigenvalue weighted by atomic mass is 35.5. The van der Waals surface area contributed by atoms with E-state index < -0.39 is 0 Å². The zero-order chi connectivity index (χ0) is 11.5. The number of ether oxygens (including phenoxy) is 1. The first-order valence-corrected chi connectivity index (χ1v) is 5.85. The highest BCUT2D eigenvalue weighted by molar-refractivity contribution is 7.13. The fraction of sp³-hybridized carbons (Fsp3) is 0.200. The summed E-state index contributed by atoms with van der Waals surface area (Å²) in [6.07, 6.45) is 0. The van der Waals surface area contributed by atoms with Gasteiger partial charge in [0, 0.05) is 6.54 Å². The molecule has 4 nitrogen and oxygen atoms in total. The Bertz CT molecular complexity index is 501. The second-order valence-electron chi connectivity index (χ2n) is 3.20. The topological polar surface area (TPSA) is 61.0 Å². The Labute approximate surface area is 102 Å². The summed E-state index contributed by atoms with van der Waals surface area (Å²) in [6.45, 7) is 2.33. The second-order valence-corrected chi connectivity index (χ2v) is 4.63. The van der Waals surface area contributed by atoms with Crippen molar-refractivity contribution >= 4 is 22.9 Å². The molecule has 0 saturated carbocycles. The van der Waals surface area contributed by atoms with Gasteiger partial charge in [0.05, 0.1) is 5.02 Å². The molecule has 6 heteroatoms. The molecule has 2 rings (SSSR count). The molecule has 0 aliphatic rings. The molecule has 0 amide bonds. The molecule has 16 heavy (non-hydrogen) atoms. The number of aryl methyl sites for hydroxylation is 1. The van der Waals surface area contributed by atoms with Crippen LogP contribution in [0, 0.1) is 6.92 Å². The van der Waals surface area contributed by atoms with Gasteiger partial charge < -0.3 is 10.5 Å². The number of hydrogen-bond donors (Lipinski definition) is 1. The molecular formula is C10H10ClN3OS. The van der Waals surface area contributed by atoms with Crippen LogP contribution in [0.2, 0.25) is 5.02 Å². The summed E-state index contributed by atoms with van der Waals surface area (Å²) >= 11 is 7.31. The van der Waals surface area contributed by atoms with Crippen LogP contribution in [0.15, 0.2) is 18.2 Å². The number of aromatic nitrogens is 2. The van der Waals surface area contributed by atoms with Crippen LogP contribution in [-0.4, -0.2) is 10.2 Å². The van der Waals surface area contributed by atoms with Gasteiger partial charge >= 0.3 is 0 Å². The van der Waals surface area contributed by atoms with Crippen molar-refractivity contribution in [3.63, 3.8) is 0 Å². The predicted octanol–water partition coefficient (Wildman–Crippen LogP) is 2.75. The monoisotopic (exact) mass is 255 g/mol. The van der Waals surface area contributed by atoms with Crippen molar-refractivity contribution in [2.75, 3.05) is 0 Å². The number of nitrogens with zero attached hydrogens (tertiary/aromatic N) is 2. The highest BCUT2D eigenvalue weighted by Crippen LogP contribution is 2.31. The lowest BCUT2D eigenvalue weighted by molar-refractivity contribution is 0.473. The Morgan fingerprint density at radius 3 is 2.94 bits per heavy atom. The third-order valence-corrected chi connectivity index (χ3v) is 3.04. The molecule has 0 radical (unpaired) electrons. The van der Waals surface area contributed by atoms with E-state index in [2.05, 4.69) is 10.2 Å². The van der Waals surface area contributed by atoms with Gasteiger partial charge in [0.2, 0.25) is 0 Å². The molecule has 0 saturated heterocycles. The molecule has 0 aliphatic heterocycles. The van der Waals surface area contributed by atoms with Crippen LogP contribution < -0.4 is 10.5 Å². The normalized spacial score (nSPS) is 10.4. The van der Waals surface area contributed by atoms with Crippen LogP contribution in [0.3, 0.4) is 0 Å². The van der Waals surface area contributed by atoms with Crippen molar-refractivity contribution in [3.8, 4) is 10.9 Å². The minimum atomic E-state index is 0.364. The summed E-state index contributed by atoms with van der Waals surface area (Å²) in [7, 11) is 0. The first-order valence-electron chi connectivity index (χ1n) is 4.65. The van der Waals surface area contributed by atoms with Crippen molar-refractivity contribution in [2.24, 2.45) is 5.73 Å². The van der Waals surface area contributed by atoms with Crippen LogP contribution in [0.25, 0.3) is 0 Å². The van der Waals surface area contributed by atoms with Gasteiger partial charge in [0.1, 0.15) is 10.8 Å². The third kappa shape index (κ3) is 2.49. The zero-order valence-electron chi connectivity index (χ0n) is 8.61. The van der Waals surface area contributed by atoms with E-state index in [0.29, 0.717) is 22.5 Å². The average Bonchev–Trinajstić information content (AvgIpc) is 2.71. The Hall–Kier alpha value is -1.17. The third-order valence-electron chi connectivity index (χ3n) is 1.91. The molecular weight excluding hydrogens is 246 g/mol. The van der Waals surface area contributed by atoms with Crippen molar-refractivity contribution < 1.29 is 4.74 Å². The second kappa shape index (κ2) is 4.78. The Morgan fingerprint density at radius 1 is 1.44 bits per heavy atom. The molecule has 0 atom stereocenters. The van der Waals surface area contributed by atoms with E-state index in [4.69, 9.17) is 22.1 Å². The number of nitrogens with two attached hydrogens (primary N) is 1.